The van der Waals surface area contributed by atoms with E-state index in [1.54, 1.807) is 0 Å². The minimum absolute atomic E-state index is 0.0777. The van der Waals surface area contributed by atoms with Gasteiger partial charge in [-0.15, -0.1) is 0 Å². The molecule has 2 heterocycles. The van der Waals surface area contributed by atoms with E-state index in [4.69, 9.17) is 10.4 Å². The second-order valence-corrected chi connectivity index (χ2v) is 9.97. The number of hydrogen-bond donors (Lipinski definition) is 2. The van der Waals surface area contributed by atoms with Crippen LogP contribution in [0.15, 0.2) is 32.3 Å². The maximum atomic E-state index is 13.3. The maximum Gasteiger partial charge on any atom is 0.202 e. The van der Waals surface area contributed by atoms with Gasteiger partial charge in [0, 0.05) is 6.04 Å². The lowest BCUT2D eigenvalue weighted by Crippen LogP contribution is -2.22. The van der Waals surface area contributed by atoms with E-state index in [0.717, 1.165) is 12.8 Å². The molecule has 0 bridgehead atoms. The fourth-order valence-electron chi connectivity index (χ4n) is 3.85. The number of nitrogens with one attached hydrogen (secondary N) is 1. The zero-order valence-electron chi connectivity index (χ0n) is 14.1. The summed E-state index contributed by atoms with van der Waals surface area (Å²) in [6, 6.07) is 4.35. The number of aliphatic imine (C=N–C) groups is 1. The first kappa shape index (κ1) is 18.4. The van der Waals surface area contributed by atoms with Gasteiger partial charge in [-0.2, -0.15) is 0 Å². The van der Waals surface area contributed by atoms with E-state index in [1.165, 1.54) is 18.2 Å². The van der Waals surface area contributed by atoms with Crippen LogP contribution < -0.4 is 11.1 Å². The van der Waals surface area contributed by atoms with Gasteiger partial charge in [0.1, 0.15) is 5.82 Å². The number of hydrogen-bond acceptors (Lipinski definition) is 7. The van der Waals surface area contributed by atoms with Crippen LogP contribution in [-0.2, 0) is 9.84 Å². The number of fused-ring (bicyclic) bond motifs is 1. The van der Waals surface area contributed by atoms with Crippen molar-refractivity contribution in [3.05, 3.63) is 34.2 Å². The predicted octanol–water partition coefficient (Wildman–Crippen LogP) is 2.24. The van der Waals surface area contributed by atoms with E-state index < -0.39 is 15.7 Å². The van der Waals surface area contributed by atoms with Crippen LogP contribution >= 0.6 is 15.9 Å². The Kier molecular flexibility index (Phi) is 4.66. The molecule has 0 spiro atoms. The van der Waals surface area contributed by atoms with E-state index in [9.17, 15) is 12.8 Å². The monoisotopic (exact) mass is 457 g/mol. The lowest BCUT2D eigenvalue weighted by molar-refractivity contribution is 0.307. The Labute approximate surface area is 163 Å². The lowest BCUT2D eigenvalue weighted by atomic mass is 10.0. The van der Waals surface area contributed by atoms with Gasteiger partial charge in [-0.05, 0) is 69.1 Å². The fraction of sp³-hybridized carbons (Fsp3) is 0.438. The van der Waals surface area contributed by atoms with Crippen molar-refractivity contribution in [1.82, 2.24) is 10.3 Å². The zero-order chi connectivity index (χ0) is 19.2. The van der Waals surface area contributed by atoms with Crippen LogP contribution in [0.2, 0.25) is 0 Å². The van der Waals surface area contributed by atoms with Crippen LogP contribution in [0, 0.1) is 17.7 Å². The molecule has 2 fully saturated rings. The van der Waals surface area contributed by atoms with Crippen molar-refractivity contribution < 1.29 is 17.4 Å². The maximum absolute atomic E-state index is 13.3. The summed E-state index contributed by atoms with van der Waals surface area (Å²) in [7, 11) is -2.90. The standard InChI is InChI=1S/C16H17BrFN5O3S/c17-12-5-10(1-2-13(12)18)20-15(19)14-16(23-26-22-14)21-11-3-8-6-27(24,25)7-9(8)4-11/h1-2,5,8-9,11H,3-4,6-7H2,(H2,19,20)(H,21,23). The van der Waals surface area contributed by atoms with Crippen molar-refractivity contribution in [2.75, 3.05) is 16.8 Å². The summed E-state index contributed by atoms with van der Waals surface area (Å²) in [6.07, 6.45) is 1.50. The molecule has 11 heteroatoms. The summed E-state index contributed by atoms with van der Waals surface area (Å²) >= 11 is 3.10. The van der Waals surface area contributed by atoms with Gasteiger partial charge >= 0.3 is 0 Å². The second-order valence-electron chi connectivity index (χ2n) is 6.97. The van der Waals surface area contributed by atoms with E-state index in [2.05, 4.69) is 36.6 Å². The van der Waals surface area contributed by atoms with Gasteiger partial charge in [-0.3, -0.25) is 0 Å². The smallest absolute Gasteiger partial charge is 0.202 e. The molecule has 2 atom stereocenters. The number of nitrogens with two attached hydrogens (primary N) is 1. The Bertz CT molecular complexity index is 989. The summed E-state index contributed by atoms with van der Waals surface area (Å²) in [6.45, 7) is 0. The van der Waals surface area contributed by atoms with E-state index in [1.807, 2.05) is 0 Å². The normalized spacial score (nSPS) is 26.9. The SMILES string of the molecule is NC(=Nc1ccc(F)c(Br)c1)c1nonc1NC1CC2CS(=O)(=O)CC2C1. The molecule has 1 aromatic heterocycles. The Morgan fingerprint density at radius 3 is 2.67 bits per heavy atom. The number of aromatic nitrogens is 2. The second kappa shape index (κ2) is 6.86. The lowest BCUT2D eigenvalue weighted by Gasteiger charge is -2.13. The van der Waals surface area contributed by atoms with Crippen molar-refractivity contribution in [2.24, 2.45) is 22.6 Å². The molecular formula is C16H17BrFN5O3S. The molecule has 2 unspecified atom stereocenters. The Hall–Kier alpha value is -2.01. The van der Waals surface area contributed by atoms with Gasteiger partial charge in [0.2, 0.25) is 5.82 Å². The molecule has 1 aliphatic heterocycles. The first-order valence-electron chi connectivity index (χ1n) is 8.40. The van der Waals surface area contributed by atoms with Gasteiger partial charge in [0.05, 0.1) is 21.7 Å². The molecule has 1 saturated carbocycles. The van der Waals surface area contributed by atoms with Crippen LogP contribution in [-0.4, -0.2) is 42.1 Å². The third-order valence-electron chi connectivity index (χ3n) is 5.00. The summed E-state index contributed by atoms with van der Waals surface area (Å²) in [5, 5.41) is 10.9. The summed E-state index contributed by atoms with van der Waals surface area (Å²) < 4.78 is 41.8. The number of halogens is 2. The molecule has 1 saturated heterocycles. The quantitative estimate of drug-likeness (QED) is 0.532. The predicted molar refractivity (Wildman–Crippen MR) is 101 cm³/mol. The average Bonchev–Trinajstić information content (AvgIpc) is 3.24. The Morgan fingerprint density at radius 2 is 2.00 bits per heavy atom. The van der Waals surface area contributed by atoms with E-state index in [0.29, 0.717) is 11.5 Å². The van der Waals surface area contributed by atoms with Crippen LogP contribution in [0.3, 0.4) is 0 Å². The summed E-state index contributed by atoms with van der Waals surface area (Å²) in [5.41, 5.74) is 6.74. The highest BCUT2D eigenvalue weighted by Gasteiger charge is 2.44. The highest BCUT2D eigenvalue weighted by molar-refractivity contribution is 9.10. The first-order chi connectivity index (χ1) is 12.8. The average molecular weight is 458 g/mol. The number of anilines is 1. The molecule has 27 heavy (non-hydrogen) atoms. The molecule has 1 aromatic carbocycles. The van der Waals surface area contributed by atoms with Gasteiger partial charge in [0.25, 0.3) is 0 Å². The third-order valence-corrected chi connectivity index (χ3v) is 7.48. The molecule has 2 aliphatic rings. The minimum Gasteiger partial charge on any atom is -0.382 e. The van der Waals surface area contributed by atoms with Crippen LogP contribution in [0.4, 0.5) is 15.9 Å². The molecule has 8 nitrogen and oxygen atoms in total. The molecule has 2 aromatic rings. The topological polar surface area (TPSA) is 123 Å². The molecule has 1 aliphatic carbocycles. The Balaban J connectivity index is 1.48. The van der Waals surface area contributed by atoms with Gasteiger partial charge < -0.3 is 11.1 Å². The van der Waals surface area contributed by atoms with Crippen molar-refractivity contribution in [1.29, 1.82) is 0 Å². The molecule has 0 amide bonds. The molecule has 4 rings (SSSR count). The highest BCUT2D eigenvalue weighted by Crippen LogP contribution is 2.40. The van der Waals surface area contributed by atoms with Crippen molar-refractivity contribution in [3.63, 3.8) is 0 Å². The van der Waals surface area contributed by atoms with Gasteiger partial charge in [-0.25, -0.2) is 22.4 Å². The molecule has 144 valence electrons. The zero-order valence-corrected chi connectivity index (χ0v) is 16.5. The highest BCUT2D eigenvalue weighted by atomic mass is 79.9. The molecule has 0 radical (unpaired) electrons. The number of nitrogens with zero attached hydrogens (tertiary/aromatic N) is 3. The molecule has 3 N–H and O–H groups in total. The van der Waals surface area contributed by atoms with Crippen LogP contribution in [0.1, 0.15) is 18.5 Å². The summed E-state index contributed by atoms with van der Waals surface area (Å²) in [4.78, 5) is 4.23. The van der Waals surface area contributed by atoms with E-state index >= 15 is 0 Å². The van der Waals surface area contributed by atoms with Crippen molar-refractivity contribution >= 4 is 43.1 Å². The van der Waals surface area contributed by atoms with Crippen molar-refractivity contribution in [2.45, 2.75) is 18.9 Å². The van der Waals surface area contributed by atoms with Crippen LogP contribution in [0.5, 0.6) is 0 Å². The minimum atomic E-state index is -2.90. The third kappa shape index (κ3) is 3.84. The number of benzene rings is 1. The largest absolute Gasteiger partial charge is 0.382 e. The number of amidine groups is 1. The number of rotatable bonds is 4. The Morgan fingerprint density at radius 1 is 1.30 bits per heavy atom. The van der Waals surface area contributed by atoms with E-state index in [-0.39, 0.29) is 45.4 Å². The summed E-state index contributed by atoms with van der Waals surface area (Å²) in [5.74, 6) is 0.915. The number of sulfone groups is 1. The van der Waals surface area contributed by atoms with Crippen molar-refractivity contribution in [3.8, 4) is 0 Å². The van der Waals surface area contributed by atoms with Gasteiger partial charge in [-0.1, -0.05) is 0 Å². The van der Waals surface area contributed by atoms with Crippen LogP contribution in [0.25, 0.3) is 0 Å². The molecular weight excluding hydrogens is 441 g/mol. The fourth-order valence-corrected chi connectivity index (χ4v) is 6.47. The first-order valence-corrected chi connectivity index (χ1v) is 11.0. The van der Waals surface area contributed by atoms with Gasteiger partial charge in [0.15, 0.2) is 21.4 Å².